The van der Waals surface area contributed by atoms with E-state index in [0.29, 0.717) is 29.0 Å². The maximum absolute atomic E-state index is 12.5. The molecule has 1 aromatic heterocycles. The fourth-order valence-electron chi connectivity index (χ4n) is 2.13. The van der Waals surface area contributed by atoms with Gasteiger partial charge in [-0.25, -0.2) is 4.79 Å². The molecule has 0 aliphatic heterocycles. The van der Waals surface area contributed by atoms with Crippen molar-refractivity contribution in [1.82, 2.24) is 10.3 Å². The maximum Gasteiger partial charge on any atom is 0.417 e. The molecule has 0 radical (unpaired) electrons. The Balaban J connectivity index is 2.08. The zero-order chi connectivity index (χ0) is 17.5. The Kier molecular flexibility index (Phi) is 6.80. The molecule has 24 heavy (non-hydrogen) atoms. The van der Waals surface area contributed by atoms with Crippen LogP contribution in [-0.2, 0) is 9.59 Å². The number of nitrogens with one attached hydrogen (secondary N) is 3. The number of benzene rings is 1. The average Bonchev–Trinajstić information content (AvgIpc) is 2.90. The van der Waals surface area contributed by atoms with E-state index in [1.165, 1.54) is 11.8 Å². The molecule has 0 aliphatic carbocycles. The van der Waals surface area contributed by atoms with Crippen LogP contribution < -0.4 is 16.4 Å². The van der Waals surface area contributed by atoms with E-state index < -0.39 is 11.8 Å². The van der Waals surface area contributed by atoms with Crippen molar-refractivity contribution in [1.29, 1.82) is 0 Å². The fraction of sp³-hybridized carbons (Fsp3) is 0.400. The third-order valence-electron chi connectivity index (χ3n) is 3.22. The van der Waals surface area contributed by atoms with Gasteiger partial charge in [0.25, 0.3) is 0 Å². The van der Waals surface area contributed by atoms with Crippen LogP contribution in [-0.4, -0.2) is 46.9 Å². The van der Waals surface area contributed by atoms with Crippen LogP contribution >= 0.6 is 23.5 Å². The Morgan fingerprint density at radius 1 is 1.29 bits per heavy atom. The molecule has 9 heteroatoms. The van der Waals surface area contributed by atoms with Gasteiger partial charge in [-0.2, -0.15) is 23.5 Å². The Labute approximate surface area is 147 Å². The lowest BCUT2D eigenvalue weighted by atomic mass is 10.2. The first-order valence-electron chi connectivity index (χ1n) is 7.24. The largest absolute Gasteiger partial charge is 0.417 e. The number of rotatable bonds is 8. The molecular formula is C15H19N3O4S2. The number of aromatic nitrogens is 1. The van der Waals surface area contributed by atoms with Crippen LogP contribution in [0.2, 0.25) is 0 Å². The summed E-state index contributed by atoms with van der Waals surface area (Å²) in [5.74, 6) is 0.0643. The summed E-state index contributed by atoms with van der Waals surface area (Å²) in [5.41, 5.74) is 1.45. The monoisotopic (exact) mass is 369 g/mol. The Bertz CT molecular complexity index is 771. The second kappa shape index (κ2) is 8.84. The lowest BCUT2D eigenvalue weighted by Crippen LogP contribution is -2.44. The molecule has 7 nitrogen and oxygen atoms in total. The molecule has 1 heterocycles. The molecule has 130 valence electrons. The van der Waals surface area contributed by atoms with Crippen LogP contribution in [0.1, 0.15) is 6.42 Å². The number of thioether (sulfide) groups is 2. The number of hydrogen-bond acceptors (Lipinski definition) is 6. The minimum atomic E-state index is -0.601. The quantitative estimate of drug-likeness (QED) is 0.654. The first-order chi connectivity index (χ1) is 11.5. The Morgan fingerprint density at radius 3 is 2.79 bits per heavy atom. The van der Waals surface area contributed by atoms with Gasteiger partial charge in [-0.15, -0.1) is 0 Å². The summed E-state index contributed by atoms with van der Waals surface area (Å²) in [6.07, 6.45) is 4.32. The normalized spacial score (nSPS) is 12.1. The summed E-state index contributed by atoms with van der Waals surface area (Å²) in [7, 11) is 0. The van der Waals surface area contributed by atoms with Crippen molar-refractivity contribution in [3.8, 4) is 0 Å². The predicted molar refractivity (Wildman–Crippen MR) is 98.8 cm³/mol. The van der Waals surface area contributed by atoms with E-state index >= 15 is 0 Å². The van der Waals surface area contributed by atoms with Gasteiger partial charge in [-0.05, 0) is 42.9 Å². The van der Waals surface area contributed by atoms with Crippen LogP contribution in [0.4, 0.5) is 5.69 Å². The highest BCUT2D eigenvalue weighted by Gasteiger charge is 2.20. The van der Waals surface area contributed by atoms with Crippen molar-refractivity contribution in [2.75, 3.05) is 29.3 Å². The summed E-state index contributed by atoms with van der Waals surface area (Å²) >= 11 is 3.01. The highest BCUT2D eigenvalue weighted by molar-refractivity contribution is 7.99. The third-order valence-corrected chi connectivity index (χ3v) is 4.42. The second-order valence-electron chi connectivity index (χ2n) is 5.05. The molecule has 1 unspecified atom stereocenters. The number of amides is 2. The molecule has 0 spiro atoms. The number of H-pyrrole nitrogens is 1. The minimum absolute atomic E-state index is 0.168. The van der Waals surface area contributed by atoms with Gasteiger partial charge in [-0.1, -0.05) is 0 Å². The summed E-state index contributed by atoms with van der Waals surface area (Å²) in [5, 5.41) is 5.52. The molecule has 0 saturated carbocycles. The van der Waals surface area contributed by atoms with Crippen LogP contribution in [0.15, 0.2) is 27.4 Å². The van der Waals surface area contributed by atoms with Gasteiger partial charge in [0.1, 0.15) is 6.04 Å². The van der Waals surface area contributed by atoms with Crippen LogP contribution in [0, 0.1) is 0 Å². The maximum atomic E-state index is 12.5. The highest BCUT2D eigenvalue weighted by atomic mass is 32.2. The molecule has 0 aliphatic rings. The highest BCUT2D eigenvalue weighted by Crippen LogP contribution is 2.16. The molecule has 2 rings (SSSR count). The van der Waals surface area contributed by atoms with Crippen LogP contribution in [0.25, 0.3) is 11.1 Å². The first-order valence-corrected chi connectivity index (χ1v) is 10.0. The van der Waals surface area contributed by atoms with E-state index in [4.69, 9.17) is 4.42 Å². The van der Waals surface area contributed by atoms with Crippen molar-refractivity contribution in [3.63, 3.8) is 0 Å². The number of carbonyl (C=O) groups excluding carboxylic acids is 2. The van der Waals surface area contributed by atoms with Gasteiger partial charge in [-0.3, -0.25) is 14.6 Å². The molecular weight excluding hydrogens is 350 g/mol. The van der Waals surface area contributed by atoms with Gasteiger partial charge < -0.3 is 15.1 Å². The molecule has 0 saturated heterocycles. The van der Waals surface area contributed by atoms with Gasteiger partial charge in [0.2, 0.25) is 11.8 Å². The van der Waals surface area contributed by atoms with Crippen molar-refractivity contribution < 1.29 is 14.0 Å². The second-order valence-corrected chi connectivity index (χ2v) is 6.90. The number of carbonyl (C=O) groups is 2. The lowest BCUT2D eigenvalue weighted by molar-refractivity contribution is -0.125. The number of aromatic amines is 1. The van der Waals surface area contributed by atoms with Crippen LogP contribution in [0.5, 0.6) is 0 Å². The zero-order valence-electron chi connectivity index (χ0n) is 13.4. The lowest BCUT2D eigenvalue weighted by Gasteiger charge is -2.18. The van der Waals surface area contributed by atoms with E-state index in [0.717, 1.165) is 5.75 Å². The summed E-state index contributed by atoms with van der Waals surface area (Å²) < 4.78 is 4.92. The molecule has 2 aromatic rings. The SMILES string of the molecule is CSCCC(NC(=O)CSC)C(=O)Nc1ccc2oc(=O)[nH]c2c1. The minimum Gasteiger partial charge on any atom is -0.408 e. The third kappa shape index (κ3) is 5.07. The molecule has 1 atom stereocenters. The van der Waals surface area contributed by atoms with Crippen molar-refractivity contribution in [3.05, 3.63) is 28.7 Å². The van der Waals surface area contributed by atoms with Crippen molar-refractivity contribution in [2.45, 2.75) is 12.5 Å². The van der Waals surface area contributed by atoms with E-state index in [1.54, 1.807) is 30.0 Å². The Morgan fingerprint density at radius 2 is 2.08 bits per heavy atom. The van der Waals surface area contributed by atoms with Gasteiger partial charge in [0.05, 0.1) is 11.3 Å². The number of hydrogen-bond donors (Lipinski definition) is 3. The standard InChI is InChI=1S/C15H19N3O4S2/c1-23-6-5-10(17-13(19)8-24-2)14(20)16-9-3-4-12-11(7-9)18-15(21)22-12/h3-4,7,10H,5-6,8H2,1-2H3,(H,16,20)(H,17,19)(H,18,21). The Hall–Kier alpha value is -1.87. The summed E-state index contributed by atoms with van der Waals surface area (Å²) in [6, 6.07) is 4.27. The average molecular weight is 369 g/mol. The first kappa shape index (κ1) is 18.5. The molecule has 0 bridgehead atoms. The summed E-state index contributed by atoms with van der Waals surface area (Å²) in [4.78, 5) is 37.9. The molecule has 3 N–H and O–H groups in total. The van der Waals surface area contributed by atoms with E-state index in [1.807, 2.05) is 12.5 Å². The van der Waals surface area contributed by atoms with Gasteiger partial charge >= 0.3 is 5.76 Å². The number of anilines is 1. The van der Waals surface area contributed by atoms with Gasteiger partial charge in [0, 0.05) is 5.69 Å². The number of fused-ring (bicyclic) bond motifs is 1. The molecule has 1 aromatic carbocycles. The zero-order valence-corrected chi connectivity index (χ0v) is 15.0. The molecule has 2 amide bonds. The van der Waals surface area contributed by atoms with E-state index in [9.17, 15) is 14.4 Å². The van der Waals surface area contributed by atoms with Crippen molar-refractivity contribution >= 4 is 52.1 Å². The predicted octanol–water partition coefficient (Wildman–Crippen LogP) is 1.66. The van der Waals surface area contributed by atoms with E-state index in [-0.39, 0.29) is 11.8 Å². The van der Waals surface area contributed by atoms with Crippen molar-refractivity contribution in [2.24, 2.45) is 0 Å². The topological polar surface area (TPSA) is 104 Å². The molecule has 0 fully saturated rings. The summed E-state index contributed by atoms with van der Waals surface area (Å²) in [6.45, 7) is 0. The number of oxazole rings is 1. The van der Waals surface area contributed by atoms with E-state index in [2.05, 4.69) is 15.6 Å². The van der Waals surface area contributed by atoms with Gasteiger partial charge in [0.15, 0.2) is 5.58 Å². The van der Waals surface area contributed by atoms with Crippen LogP contribution in [0.3, 0.4) is 0 Å². The fourth-order valence-corrected chi connectivity index (χ4v) is 2.95. The smallest absolute Gasteiger partial charge is 0.408 e.